The summed E-state index contributed by atoms with van der Waals surface area (Å²) in [6.07, 6.45) is 0. The molecule has 0 aliphatic carbocycles. The number of ether oxygens (including phenoxy) is 1. The van der Waals surface area contributed by atoms with Crippen LogP contribution in [0.3, 0.4) is 0 Å². The van der Waals surface area contributed by atoms with Crippen LogP contribution in [0.1, 0.15) is 29.1 Å². The first-order valence-corrected chi connectivity index (χ1v) is 7.67. The maximum Gasteiger partial charge on any atom is 0.273 e. The molecule has 0 saturated carbocycles. The summed E-state index contributed by atoms with van der Waals surface area (Å²) in [4.78, 5) is 19.1. The molecule has 1 aliphatic heterocycles. The Morgan fingerprint density at radius 3 is 2.82 bits per heavy atom. The number of amides is 1. The lowest BCUT2D eigenvalue weighted by Gasteiger charge is -2.27. The van der Waals surface area contributed by atoms with Crippen molar-refractivity contribution in [3.05, 3.63) is 40.7 Å². The number of rotatable bonds is 2. The van der Waals surface area contributed by atoms with E-state index in [9.17, 15) is 4.79 Å². The Balaban J connectivity index is 2.15. The fraction of sp³-hybridized carbons (Fsp3) is 0.375. The molecule has 0 spiro atoms. The summed E-state index contributed by atoms with van der Waals surface area (Å²) in [5.74, 6) is -0.121. The first kappa shape index (κ1) is 15.2. The fourth-order valence-electron chi connectivity index (χ4n) is 2.59. The zero-order chi connectivity index (χ0) is 15.7. The highest BCUT2D eigenvalue weighted by Crippen LogP contribution is 2.28. The van der Waals surface area contributed by atoms with Gasteiger partial charge in [-0.15, -0.1) is 0 Å². The third-order valence-corrected chi connectivity index (χ3v) is 4.11. The number of aromatic nitrogens is 1. The number of morpholine rings is 1. The average molecular weight is 320 g/mol. The van der Waals surface area contributed by atoms with Crippen LogP contribution < -0.4 is 5.73 Å². The quantitative estimate of drug-likeness (QED) is 0.922. The summed E-state index contributed by atoms with van der Waals surface area (Å²) in [6, 6.07) is 7.19. The van der Waals surface area contributed by atoms with E-state index in [1.807, 2.05) is 25.1 Å². The zero-order valence-corrected chi connectivity index (χ0v) is 13.1. The highest BCUT2D eigenvalue weighted by molar-refractivity contribution is 6.36. The van der Waals surface area contributed by atoms with E-state index < -0.39 is 0 Å². The lowest BCUT2D eigenvalue weighted by atomic mass is 10.1. The third kappa shape index (κ3) is 2.79. The Bertz CT molecular complexity index is 712. The maximum atomic E-state index is 12.8. The van der Waals surface area contributed by atoms with Crippen LogP contribution in [-0.4, -0.2) is 42.1 Å². The lowest BCUT2D eigenvalue weighted by molar-refractivity contribution is 0.0300. The van der Waals surface area contributed by atoms with E-state index in [1.165, 1.54) is 0 Å². The number of nitrogens with zero attached hydrogens (tertiary/aromatic N) is 2. The van der Waals surface area contributed by atoms with Crippen LogP contribution in [0.25, 0.3) is 10.8 Å². The summed E-state index contributed by atoms with van der Waals surface area (Å²) in [5, 5.41) is 2.09. The van der Waals surface area contributed by atoms with Gasteiger partial charge in [0.2, 0.25) is 0 Å². The highest BCUT2D eigenvalue weighted by Gasteiger charge is 2.24. The van der Waals surface area contributed by atoms with Crippen LogP contribution in [0.4, 0.5) is 0 Å². The third-order valence-electron chi connectivity index (χ3n) is 3.79. The molecule has 5 nitrogen and oxygen atoms in total. The van der Waals surface area contributed by atoms with Gasteiger partial charge in [0.1, 0.15) is 5.69 Å². The zero-order valence-electron chi connectivity index (χ0n) is 12.4. The van der Waals surface area contributed by atoms with E-state index in [4.69, 9.17) is 22.1 Å². The van der Waals surface area contributed by atoms with Gasteiger partial charge in [0.05, 0.1) is 23.9 Å². The van der Waals surface area contributed by atoms with Gasteiger partial charge < -0.3 is 15.4 Å². The summed E-state index contributed by atoms with van der Waals surface area (Å²) in [6.45, 7) is 4.07. The van der Waals surface area contributed by atoms with Gasteiger partial charge in [-0.2, -0.15) is 0 Å². The minimum atomic E-state index is -0.250. The van der Waals surface area contributed by atoms with Crippen LogP contribution in [0.15, 0.2) is 24.3 Å². The van der Waals surface area contributed by atoms with Crippen LogP contribution in [0.5, 0.6) is 0 Å². The number of nitrogens with two attached hydrogens (primary N) is 1. The van der Waals surface area contributed by atoms with Gasteiger partial charge in [-0.1, -0.05) is 23.7 Å². The average Bonchev–Trinajstić information content (AvgIpc) is 2.54. The van der Waals surface area contributed by atoms with E-state index in [-0.39, 0.29) is 11.9 Å². The molecule has 3 rings (SSSR count). The van der Waals surface area contributed by atoms with Crippen LogP contribution in [-0.2, 0) is 4.74 Å². The lowest BCUT2D eigenvalue weighted by Crippen LogP contribution is -2.41. The smallest absolute Gasteiger partial charge is 0.273 e. The molecule has 116 valence electrons. The first-order valence-electron chi connectivity index (χ1n) is 7.29. The molecule has 2 aromatic rings. The number of pyridine rings is 1. The normalized spacial score (nSPS) is 16.8. The number of halogens is 1. The molecule has 1 aliphatic rings. The number of benzene rings is 1. The van der Waals surface area contributed by atoms with Crippen molar-refractivity contribution in [1.29, 1.82) is 0 Å². The topological polar surface area (TPSA) is 68.5 Å². The number of carbonyl (C=O) groups excluding carboxylic acids is 1. The molecular formula is C16H18ClN3O2. The van der Waals surface area contributed by atoms with Crippen molar-refractivity contribution in [3.63, 3.8) is 0 Å². The molecule has 0 bridgehead atoms. The van der Waals surface area contributed by atoms with E-state index in [0.29, 0.717) is 48.1 Å². The van der Waals surface area contributed by atoms with Crippen molar-refractivity contribution in [2.45, 2.75) is 13.0 Å². The Labute approximate surface area is 134 Å². The van der Waals surface area contributed by atoms with Gasteiger partial charge in [0.15, 0.2) is 0 Å². The SMILES string of the molecule is C[C@H](N)c1cc2cccc(Cl)c2c(C(=O)N2CCOCC2)n1. The summed E-state index contributed by atoms with van der Waals surface area (Å²) < 4.78 is 5.30. The number of fused-ring (bicyclic) bond motifs is 1. The Hall–Kier alpha value is -1.69. The minimum absolute atomic E-state index is 0.121. The highest BCUT2D eigenvalue weighted by atomic mass is 35.5. The van der Waals surface area contributed by atoms with Gasteiger partial charge in [-0.25, -0.2) is 4.98 Å². The fourth-order valence-corrected chi connectivity index (χ4v) is 2.86. The molecule has 1 saturated heterocycles. The van der Waals surface area contributed by atoms with E-state index >= 15 is 0 Å². The monoisotopic (exact) mass is 319 g/mol. The van der Waals surface area contributed by atoms with Gasteiger partial charge in [-0.05, 0) is 24.4 Å². The Kier molecular flexibility index (Phi) is 4.29. The van der Waals surface area contributed by atoms with E-state index in [0.717, 1.165) is 5.39 Å². The molecule has 22 heavy (non-hydrogen) atoms. The van der Waals surface area contributed by atoms with Gasteiger partial charge in [0.25, 0.3) is 5.91 Å². The van der Waals surface area contributed by atoms with Crippen molar-refractivity contribution in [3.8, 4) is 0 Å². The molecule has 1 aromatic heterocycles. The van der Waals surface area contributed by atoms with Crippen molar-refractivity contribution < 1.29 is 9.53 Å². The minimum Gasteiger partial charge on any atom is -0.378 e. The largest absolute Gasteiger partial charge is 0.378 e. The number of carbonyl (C=O) groups is 1. The van der Waals surface area contributed by atoms with E-state index in [1.54, 1.807) is 11.0 Å². The first-order chi connectivity index (χ1) is 10.6. The second kappa shape index (κ2) is 6.20. The molecule has 1 amide bonds. The number of hydrogen-bond acceptors (Lipinski definition) is 4. The molecule has 6 heteroatoms. The van der Waals surface area contributed by atoms with E-state index in [2.05, 4.69) is 4.98 Å². The molecule has 0 unspecified atom stereocenters. The number of hydrogen-bond donors (Lipinski definition) is 1. The summed E-state index contributed by atoms with van der Waals surface area (Å²) in [7, 11) is 0. The van der Waals surface area contributed by atoms with Crippen molar-refractivity contribution >= 4 is 28.3 Å². The van der Waals surface area contributed by atoms with Crippen molar-refractivity contribution in [1.82, 2.24) is 9.88 Å². The van der Waals surface area contributed by atoms with Crippen molar-refractivity contribution in [2.75, 3.05) is 26.3 Å². The molecule has 1 aromatic carbocycles. The molecule has 1 atom stereocenters. The molecule has 2 heterocycles. The Morgan fingerprint density at radius 2 is 2.14 bits per heavy atom. The summed E-state index contributed by atoms with van der Waals surface area (Å²) in [5.41, 5.74) is 7.01. The predicted molar refractivity (Wildman–Crippen MR) is 86.1 cm³/mol. The standard InChI is InChI=1S/C16H18ClN3O2/c1-10(18)13-9-11-3-2-4-12(17)14(11)15(19-13)16(21)20-5-7-22-8-6-20/h2-4,9-10H,5-8,18H2,1H3/t10-/m0/s1. The molecule has 0 radical (unpaired) electrons. The molecule has 2 N–H and O–H groups in total. The second-order valence-corrected chi connectivity index (χ2v) is 5.83. The van der Waals surface area contributed by atoms with Crippen molar-refractivity contribution in [2.24, 2.45) is 5.73 Å². The molecular weight excluding hydrogens is 302 g/mol. The van der Waals surface area contributed by atoms with Crippen LogP contribution in [0, 0.1) is 0 Å². The van der Waals surface area contributed by atoms with Crippen LogP contribution >= 0.6 is 11.6 Å². The van der Waals surface area contributed by atoms with Gasteiger partial charge >= 0.3 is 0 Å². The van der Waals surface area contributed by atoms with Crippen LogP contribution in [0.2, 0.25) is 5.02 Å². The molecule has 1 fully saturated rings. The Morgan fingerprint density at radius 1 is 1.41 bits per heavy atom. The second-order valence-electron chi connectivity index (χ2n) is 5.43. The van der Waals surface area contributed by atoms with Gasteiger partial charge in [-0.3, -0.25) is 4.79 Å². The maximum absolute atomic E-state index is 12.8. The van der Waals surface area contributed by atoms with Gasteiger partial charge in [0, 0.05) is 24.5 Å². The summed E-state index contributed by atoms with van der Waals surface area (Å²) >= 11 is 6.31. The predicted octanol–water partition coefficient (Wildman–Crippen LogP) is 2.38.